The number of ether oxygens (including phenoxy) is 3. The third kappa shape index (κ3) is 4.54. The molecule has 0 amide bonds. The summed E-state index contributed by atoms with van der Waals surface area (Å²) in [6.45, 7) is 11.5. The third-order valence-electron chi connectivity index (χ3n) is 6.41. The second kappa shape index (κ2) is 8.50. The number of hydrogen-bond acceptors (Lipinski definition) is 6. The molecule has 5 rings (SSSR count). The number of methoxy groups -OCH3 is 1. The van der Waals surface area contributed by atoms with Gasteiger partial charge in [-0.2, -0.15) is 0 Å². The summed E-state index contributed by atoms with van der Waals surface area (Å²) in [6.07, 6.45) is 4.85. The van der Waals surface area contributed by atoms with Gasteiger partial charge in [-0.3, -0.25) is 9.88 Å². The first-order valence-corrected chi connectivity index (χ1v) is 11.0. The molecule has 0 aliphatic carbocycles. The summed E-state index contributed by atoms with van der Waals surface area (Å²) < 4.78 is 17.0. The Morgan fingerprint density at radius 1 is 1.32 bits per heavy atom. The van der Waals surface area contributed by atoms with Crippen LogP contribution in [0, 0.1) is 11.8 Å². The number of aromatic nitrogens is 1. The van der Waals surface area contributed by atoms with E-state index in [0.717, 1.165) is 48.1 Å². The molecular formula is C25H32N2O4. The lowest BCUT2D eigenvalue weighted by Crippen LogP contribution is -2.55. The minimum atomic E-state index is -0.645. The van der Waals surface area contributed by atoms with Crippen LogP contribution in [0.1, 0.15) is 45.3 Å². The third-order valence-corrected chi connectivity index (χ3v) is 6.41. The molecule has 0 N–H and O–H groups in total. The highest BCUT2D eigenvalue weighted by Crippen LogP contribution is 2.43. The molecule has 166 valence electrons. The van der Waals surface area contributed by atoms with Gasteiger partial charge in [-0.1, -0.05) is 6.08 Å². The first-order valence-electron chi connectivity index (χ1n) is 11.0. The van der Waals surface area contributed by atoms with Crippen LogP contribution >= 0.6 is 0 Å². The summed E-state index contributed by atoms with van der Waals surface area (Å²) in [5.74, 6) is 1.79. The summed E-state index contributed by atoms with van der Waals surface area (Å²) in [6, 6.07) is 7.82. The van der Waals surface area contributed by atoms with E-state index >= 15 is 0 Å². The average molecular weight is 425 g/mol. The molecule has 4 heterocycles. The number of benzene rings is 1. The zero-order chi connectivity index (χ0) is 22.2. The molecule has 0 saturated carbocycles. The molecule has 2 aromatic rings. The molecule has 0 radical (unpaired) electrons. The molecule has 1 aromatic heterocycles. The molecule has 1 unspecified atom stereocenters. The minimum absolute atomic E-state index is 0.0827. The summed E-state index contributed by atoms with van der Waals surface area (Å²) in [5.41, 5.74) is 1.16. The average Bonchev–Trinajstić information content (AvgIpc) is 2.75. The van der Waals surface area contributed by atoms with Crippen molar-refractivity contribution in [1.29, 1.82) is 0 Å². The number of fused-ring (bicyclic) bond motifs is 4. The maximum absolute atomic E-state index is 12.8. The largest absolute Gasteiger partial charge is 0.509 e. The highest BCUT2D eigenvalue weighted by molar-refractivity contribution is 5.84. The smallest absolute Gasteiger partial charge is 0.497 e. The van der Waals surface area contributed by atoms with Crippen LogP contribution in [0.2, 0.25) is 0 Å². The zero-order valence-corrected chi connectivity index (χ0v) is 18.8. The summed E-state index contributed by atoms with van der Waals surface area (Å²) in [4.78, 5) is 19.7. The Morgan fingerprint density at radius 3 is 2.77 bits per heavy atom. The van der Waals surface area contributed by atoms with Crippen molar-refractivity contribution < 1.29 is 19.0 Å². The number of rotatable bonds is 5. The molecule has 6 nitrogen and oxygen atoms in total. The van der Waals surface area contributed by atoms with Gasteiger partial charge in [0, 0.05) is 23.7 Å². The number of pyridine rings is 1. The van der Waals surface area contributed by atoms with Crippen LogP contribution < -0.4 is 4.74 Å². The Balaban J connectivity index is 1.74. The first-order chi connectivity index (χ1) is 14.8. The molecular weight excluding hydrogens is 392 g/mol. The lowest BCUT2D eigenvalue weighted by atomic mass is 9.73. The fourth-order valence-corrected chi connectivity index (χ4v) is 4.94. The maximum atomic E-state index is 12.8. The van der Waals surface area contributed by atoms with E-state index in [-0.39, 0.29) is 6.04 Å². The topological polar surface area (TPSA) is 60.9 Å². The predicted molar refractivity (Wildman–Crippen MR) is 120 cm³/mol. The molecule has 5 atom stereocenters. The van der Waals surface area contributed by atoms with E-state index in [4.69, 9.17) is 14.2 Å². The molecule has 3 saturated heterocycles. The van der Waals surface area contributed by atoms with E-state index in [1.807, 2.05) is 45.0 Å². The Kier molecular flexibility index (Phi) is 5.93. The molecule has 0 spiro atoms. The van der Waals surface area contributed by atoms with Gasteiger partial charge in [0.25, 0.3) is 0 Å². The van der Waals surface area contributed by atoms with E-state index in [1.54, 1.807) is 13.3 Å². The zero-order valence-electron chi connectivity index (χ0n) is 18.8. The lowest BCUT2D eigenvalue weighted by molar-refractivity contribution is -0.0803. The second-order valence-corrected chi connectivity index (χ2v) is 9.53. The predicted octanol–water partition coefficient (Wildman–Crippen LogP) is 5.13. The van der Waals surface area contributed by atoms with Gasteiger partial charge < -0.3 is 14.2 Å². The van der Waals surface area contributed by atoms with Crippen molar-refractivity contribution in [2.45, 2.75) is 51.4 Å². The lowest BCUT2D eigenvalue weighted by Gasteiger charge is -2.51. The van der Waals surface area contributed by atoms with Gasteiger partial charge in [0.15, 0.2) is 0 Å². The number of hydrogen-bond donors (Lipinski definition) is 0. The van der Waals surface area contributed by atoms with Crippen LogP contribution in [-0.2, 0) is 9.47 Å². The molecule has 1 aromatic carbocycles. The van der Waals surface area contributed by atoms with Gasteiger partial charge in [0.05, 0.1) is 18.7 Å². The number of piperidine rings is 3. The van der Waals surface area contributed by atoms with E-state index < -0.39 is 17.9 Å². The molecule has 2 bridgehead atoms. The van der Waals surface area contributed by atoms with Gasteiger partial charge in [-0.25, -0.2) is 4.79 Å². The fourth-order valence-electron chi connectivity index (χ4n) is 4.94. The van der Waals surface area contributed by atoms with Gasteiger partial charge in [-0.05, 0) is 76.3 Å². The summed E-state index contributed by atoms with van der Waals surface area (Å²) >= 11 is 0. The standard InChI is InChI=1S/C25H32N2O4/c1-6-16-15-27-12-10-17(16)13-22(27)23(30-24(28)31-25(2,3)4)19-9-11-26-21-8-7-18(29-5)14-20(19)21/h6-9,11,14,16-17,22-23H,1,10,12-13,15H2,2-5H3/t16-,17-,22-,23+/m0/s1. The molecule has 3 aliphatic rings. The van der Waals surface area contributed by atoms with Gasteiger partial charge in [-0.15, -0.1) is 6.58 Å². The van der Waals surface area contributed by atoms with E-state index in [0.29, 0.717) is 11.8 Å². The van der Waals surface area contributed by atoms with Crippen molar-refractivity contribution in [3.63, 3.8) is 0 Å². The van der Waals surface area contributed by atoms with Crippen LogP contribution in [0.5, 0.6) is 5.75 Å². The quantitative estimate of drug-likeness (QED) is 0.490. The Bertz CT molecular complexity index is 968. The highest BCUT2D eigenvalue weighted by atomic mass is 16.7. The molecule has 31 heavy (non-hydrogen) atoms. The van der Waals surface area contributed by atoms with Gasteiger partial charge in [0.1, 0.15) is 17.5 Å². The fraction of sp³-hybridized carbons (Fsp3) is 0.520. The number of nitrogens with zero attached hydrogens (tertiary/aromatic N) is 2. The van der Waals surface area contributed by atoms with E-state index in [9.17, 15) is 4.79 Å². The number of carbonyl (C=O) groups is 1. The first kappa shape index (κ1) is 21.6. The van der Waals surface area contributed by atoms with Crippen LogP contribution in [0.15, 0.2) is 43.1 Å². The van der Waals surface area contributed by atoms with Crippen molar-refractivity contribution in [2.24, 2.45) is 11.8 Å². The van der Waals surface area contributed by atoms with Crippen LogP contribution in [-0.4, -0.2) is 47.9 Å². The monoisotopic (exact) mass is 424 g/mol. The van der Waals surface area contributed by atoms with Crippen molar-refractivity contribution in [1.82, 2.24) is 9.88 Å². The Hall–Kier alpha value is -2.60. The maximum Gasteiger partial charge on any atom is 0.509 e. The van der Waals surface area contributed by atoms with Crippen molar-refractivity contribution in [2.75, 3.05) is 20.2 Å². The van der Waals surface area contributed by atoms with Crippen molar-refractivity contribution in [3.05, 3.63) is 48.7 Å². The van der Waals surface area contributed by atoms with E-state index in [1.165, 1.54) is 0 Å². The van der Waals surface area contributed by atoms with Crippen molar-refractivity contribution in [3.8, 4) is 5.75 Å². The normalized spacial score (nSPS) is 26.3. The van der Waals surface area contributed by atoms with Gasteiger partial charge in [0.2, 0.25) is 0 Å². The second-order valence-electron chi connectivity index (χ2n) is 9.53. The van der Waals surface area contributed by atoms with E-state index in [2.05, 4.69) is 22.5 Å². The number of carbonyl (C=O) groups excluding carboxylic acids is 1. The minimum Gasteiger partial charge on any atom is -0.497 e. The summed E-state index contributed by atoms with van der Waals surface area (Å²) in [7, 11) is 1.65. The molecule has 3 fully saturated rings. The van der Waals surface area contributed by atoms with Crippen LogP contribution in [0.4, 0.5) is 4.79 Å². The van der Waals surface area contributed by atoms with Gasteiger partial charge >= 0.3 is 6.16 Å². The Labute approximate surface area is 184 Å². The Morgan fingerprint density at radius 2 is 2.13 bits per heavy atom. The van der Waals surface area contributed by atoms with Crippen LogP contribution in [0.3, 0.4) is 0 Å². The molecule has 3 aliphatic heterocycles. The highest BCUT2D eigenvalue weighted by Gasteiger charge is 2.44. The van der Waals surface area contributed by atoms with Crippen LogP contribution in [0.25, 0.3) is 10.9 Å². The summed E-state index contributed by atoms with van der Waals surface area (Å²) in [5, 5.41) is 0.929. The SMILES string of the molecule is C=C[C@H]1CN2CC[C@H]1C[C@H]2[C@H](OC(=O)OC(C)(C)C)c1ccnc2ccc(OC)cc12. The van der Waals surface area contributed by atoms with Crippen molar-refractivity contribution >= 4 is 17.1 Å². The molecule has 6 heteroatoms.